The van der Waals surface area contributed by atoms with Crippen LogP contribution in [0.4, 0.5) is 24.5 Å². The van der Waals surface area contributed by atoms with E-state index in [1.54, 1.807) is 19.1 Å². The van der Waals surface area contributed by atoms with E-state index in [0.29, 0.717) is 11.3 Å². The predicted molar refractivity (Wildman–Crippen MR) is 140 cm³/mol. The SMILES string of the molecule is CCC(Sc1cccc(NC(=O)c2ccc(C(=O)O)cc2C(=O)O)c1)C(=O)Nc1cc(C(F)(F)F)ccc1Cl. The van der Waals surface area contributed by atoms with Crippen LogP contribution >= 0.6 is 23.4 Å². The Morgan fingerprint density at radius 2 is 1.64 bits per heavy atom. The Balaban J connectivity index is 1.76. The van der Waals surface area contributed by atoms with Crippen LogP contribution < -0.4 is 10.6 Å². The second-order valence-corrected chi connectivity index (χ2v) is 9.73. The van der Waals surface area contributed by atoms with Gasteiger partial charge in [0.1, 0.15) is 0 Å². The minimum absolute atomic E-state index is 0.0574. The van der Waals surface area contributed by atoms with Gasteiger partial charge < -0.3 is 20.8 Å². The van der Waals surface area contributed by atoms with Gasteiger partial charge in [0.25, 0.3) is 5.91 Å². The van der Waals surface area contributed by atoms with Crippen molar-refractivity contribution < 1.29 is 42.6 Å². The quantitative estimate of drug-likeness (QED) is 0.212. The average molecular weight is 581 g/mol. The lowest BCUT2D eigenvalue weighted by Crippen LogP contribution is -2.25. The zero-order valence-corrected chi connectivity index (χ0v) is 21.6. The van der Waals surface area contributed by atoms with E-state index >= 15 is 0 Å². The van der Waals surface area contributed by atoms with Gasteiger partial charge in [0.05, 0.1) is 38.2 Å². The Hall–Kier alpha value is -4.03. The Morgan fingerprint density at radius 1 is 0.923 bits per heavy atom. The van der Waals surface area contributed by atoms with Crippen molar-refractivity contribution in [2.45, 2.75) is 29.7 Å². The van der Waals surface area contributed by atoms with E-state index in [9.17, 15) is 37.5 Å². The molecular formula is C26H20ClF3N2O6S. The molecule has 0 bridgehead atoms. The maximum Gasteiger partial charge on any atom is 0.416 e. The molecule has 0 radical (unpaired) electrons. The molecule has 0 spiro atoms. The first-order valence-electron chi connectivity index (χ1n) is 11.2. The number of halogens is 4. The molecule has 0 aliphatic heterocycles. The van der Waals surface area contributed by atoms with Crippen LogP contribution in [-0.2, 0) is 11.0 Å². The Bertz CT molecular complexity index is 1450. The van der Waals surface area contributed by atoms with Crippen LogP contribution in [0.5, 0.6) is 0 Å². The molecule has 4 N–H and O–H groups in total. The number of alkyl halides is 3. The highest BCUT2D eigenvalue weighted by molar-refractivity contribution is 8.00. The van der Waals surface area contributed by atoms with Crippen LogP contribution in [0.1, 0.15) is 50.0 Å². The third kappa shape index (κ3) is 7.52. The van der Waals surface area contributed by atoms with Crippen LogP contribution in [0.2, 0.25) is 5.02 Å². The zero-order valence-electron chi connectivity index (χ0n) is 20.0. The number of hydrogen-bond donors (Lipinski definition) is 4. The molecule has 3 aromatic carbocycles. The van der Waals surface area contributed by atoms with E-state index in [2.05, 4.69) is 10.6 Å². The van der Waals surface area contributed by atoms with Gasteiger partial charge in [0.2, 0.25) is 5.91 Å². The molecule has 0 saturated heterocycles. The lowest BCUT2D eigenvalue weighted by atomic mass is 10.0. The van der Waals surface area contributed by atoms with Crippen LogP contribution in [0.25, 0.3) is 0 Å². The van der Waals surface area contributed by atoms with Crippen molar-refractivity contribution >= 4 is 58.5 Å². The first-order valence-corrected chi connectivity index (χ1v) is 12.4. The van der Waals surface area contributed by atoms with E-state index in [1.807, 2.05) is 0 Å². The normalized spacial score (nSPS) is 11.9. The van der Waals surface area contributed by atoms with Crippen molar-refractivity contribution in [1.29, 1.82) is 0 Å². The van der Waals surface area contributed by atoms with E-state index in [0.717, 1.165) is 48.2 Å². The molecule has 1 unspecified atom stereocenters. The molecule has 3 aromatic rings. The number of carboxylic acid groups (broad SMARTS) is 2. The van der Waals surface area contributed by atoms with Gasteiger partial charge >= 0.3 is 18.1 Å². The minimum atomic E-state index is -4.61. The molecule has 3 rings (SSSR count). The molecule has 0 aliphatic carbocycles. The van der Waals surface area contributed by atoms with E-state index in [4.69, 9.17) is 16.7 Å². The van der Waals surface area contributed by atoms with Crippen LogP contribution in [0.15, 0.2) is 65.6 Å². The summed E-state index contributed by atoms with van der Waals surface area (Å²) in [5.74, 6) is -4.21. The van der Waals surface area contributed by atoms with Crippen LogP contribution in [0.3, 0.4) is 0 Å². The van der Waals surface area contributed by atoms with Gasteiger partial charge in [0, 0.05) is 10.6 Å². The van der Waals surface area contributed by atoms with Crippen LogP contribution in [0, 0.1) is 0 Å². The monoisotopic (exact) mass is 580 g/mol. The number of benzene rings is 3. The Labute approximate surface area is 229 Å². The molecule has 0 aromatic heterocycles. The van der Waals surface area contributed by atoms with Crippen molar-refractivity contribution in [2.24, 2.45) is 0 Å². The number of thioether (sulfide) groups is 1. The number of carbonyl (C=O) groups is 4. The van der Waals surface area contributed by atoms with Gasteiger partial charge in [-0.1, -0.05) is 24.6 Å². The number of hydrogen-bond acceptors (Lipinski definition) is 5. The molecule has 2 amide bonds. The third-order valence-corrected chi connectivity index (χ3v) is 7.01. The molecule has 204 valence electrons. The van der Waals surface area contributed by atoms with Crippen molar-refractivity contribution in [1.82, 2.24) is 0 Å². The smallest absolute Gasteiger partial charge is 0.416 e. The highest BCUT2D eigenvalue weighted by atomic mass is 35.5. The first-order chi connectivity index (χ1) is 18.3. The van der Waals surface area contributed by atoms with Gasteiger partial charge in [-0.3, -0.25) is 9.59 Å². The summed E-state index contributed by atoms with van der Waals surface area (Å²) in [4.78, 5) is 48.9. The van der Waals surface area contributed by atoms with Crippen molar-refractivity contribution in [3.05, 3.63) is 87.9 Å². The summed E-state index contributed by atoms with van der Waals surface area (Å²) in [7, 11) is 0. The number of nitrogens with one attached hydrogen (secondary N) is 2. The Kier molecular flexibility index (Phi) is 9.25. The molecule has 0 aliphatic rings. The molecular weight excluding hydrogens is 561 g/mol. The number of carbonyl (C=O) groups excluding carboxylic acids is 2. The van der Waals surface area contributed by atoms with E-state index < -0.39 is 46.3 Å². The summed E-state index contributed by atoms with van der Waals surface area (Å²) in [6.07, 6.45) is -4.31. The van der Waals surface area contributed by atoms with Crippen molar-refractivity contribution in [3.63, 3.8) is 0 Å². The summed E-state index contributed by atoms with van der Waals surface area (Å²) in [5.41, 5.74) is -1.92. The summed E-state index contributed by atoms with van der Waals surface area (Å²) in [6.45, 7) is 1.71. The number of aromatic carboxylic acids is 2. The Morgan fingerprint density at radius 3 is 2.26 bits per heavy atom. The predicted octanol–water partition coefficient (Wildman–Crippen LogP) is 6.52. The van der Waals surface area contributed by atoms with Gasteiger partial charge in [-0.05, 0) is 61.0 Å². The second kappa shape index (κ2) is 12.2. The zero-order chi connectivity index (χ0) is 28.9. The fraction of sp³-hybridized carbons (Fsp3) is 0.154. The maximum atomic E-state index is 13.1. The van der Waals surface area contributed by atoms with Gasteiger partial charge in [0.15, 0.2) is 0 Å². The maximum absolute atomic E-state index is 13.1. The highest BCUT2D eigenvalue weighted by Gasteiger charge is 2.31. The first kappa shape index (κ1) is 29.5. The summed E-state index contributed by atoms with van der Waals surface area (Å²) in [5, 5.41) is 22.7. The largest absolute Gasteiger partial charge is 0.478 e. The number of rotatable bonds is 9. The summed E-state index contributed by atoms with van der Waals surface area (Å²) in [6, 6.07) is 12.0. The molecule has 0 saturated carbocycles. The van der Waals surface area contributed by atoms with Crippen molar-refractivity contribution in [3.8, 4) is 0 Å². The standard InChI is InChI=1S/C26H20ClF3N2O6S/c1-2-21(23(34)32-20-11-14(26(28,29)30)7-9-19(20)27)39-16-5-3-4-15(12-16)31-22(33)17-8-6-13(24(35)36)10-18(17)25(37)38/h3-12,21H,2H2,1H3,(H,31,33)(H,32,34)(H,35,36)(H,37,38). The topological polar surface area (TPSA) is 133 Å². The summed E-state index contributed by atoms with van der Waals surface area (Å²) < 4.78 is 39.2. The number of amides is 2. The number of anilines is 2. The third-order valence-electron chi connectivity index (χ3n) is 5.33. The molecule has 1 atom stereocenters. The van der Waals surface area contributed by atoms with Crippen LogP contribution in [-0.4, -0.2) is 39.2 Å². The highest BCUT2D eigenvalue weighted by Crippen LogP contribution is 2.35. The van der Waals surface area contributed by atoms with E-state index in [-0.39, 0.29) is 27.5 Å². The van der Waals surface area contributed by atoms with Gasteiger partial charge in [-0.15, -0.1) is 11.8 Å². The van der Waals surface area contributed by atoms with E-state index in [1.165, 1.54) is 12.1 Å². The molecule has 0 fully saturated rings. The second-order valence-electron chi connectivity index (χ2n) is 8.05. The lowest BCUT2D eigenvalue weighted by Gasteiger charge is -2.17. The summed E-state index contributed by atoms with van der Waals surface area (Å²) >= 11 is 7.07. The fourth-order valence-corrected chi connectivity index (χ4v) is 4.57. The van der Waals surface area contributed by atoms with Gasteiger partial charge in [-0.2, -0.15) is 13.2 Å². The number of carboxylic acids is 2. The lowest BCUT2D eigenvalue weighted by molar-refractivity contribution is -0.137. The average Bonchev–Trinajstić information content (AvgIpc) is 2.87. The fourth-order valence-electron chi connectivity index (χ4n) is 3.39. The molecule has 13 heteroatoms. The van der Waals surface area contributed by atoms with Gasteiger partial charge in [-0.25, -0.2) is 9.59 Å². The molecule has 0 heterocycles. The molecule has 8 nitrogen and oxygen atoms in total. The van der Waals surface area contributed by atoms with Crippen molar-refractivity contribution in [2.75, 3.05) is 10.6 Å². The minimum Gasteiger partial charge on any atom is -0.478 e. The molecule has 39 heavy (non-hydrogen) atoms.